The summed E-state index contributed by atoms with van der Waals surface area (Å²) in [5.41, 5.74) is 2.43. The van der Waals surface area contributed by atoms with Crippen LogP contribution in [0.5, 0.6) is 0 Å². The quantitative estimate of drug-likeness (QED) is 0.764. The Labute approximate surface area is 172 Å². The van der Waals surface area contributed by atoms with E-state index >= 15 is 0 Å². The Balaban J connectivity index is 1.15. The molecule has 4 saturated carbocycles. The topological polar surface area (TPSA) is 56.1 Å². The number of anilines is 1. The molecule has 0 spiro atoms. The van der Waals surface area contributed by atoms with Crippen LogP contribution in [0.15, 0.2) is 0 Å². The Morgan fingerprint density at radius 1 is 1.21 bits per heavy atom. The molecule has 5 heteroatoms. The van der Waals surface area contributed by atoms with Gasteiger partial charge in [0.1, 0.15) is 11.1 Å². The molecule has 4 bridgehead atoms. The number of hydrogen-bond donors (Lipinski definition) is 1. The SMILES string of the molecule is CN(CCC(=O)Nc1sc2c(c1C#N)CCC2)CC12CC3CC(CC(C3)C1)C2. The van der Waals surface area contributed by atoms with Gasteiger partial charge in [0.15, 0.2) is 0 Å². The van der Waals surface area contributed by atoms with E-state index in [-0.39, 0.29) is 5.91 Å². The fourth-order valence-electron chi connectivity index (χ4n) is 7.23. The highest BCUT2D eigenvalue weighted by Crippen LogP contribution is 2.60. The molecule has 150 valence electrons. The first-order valence-electron chi connectivity index (χ1n) is 11.1. The molecule has 6 rings (SSSR count). The molecule has 4 nitrogen and oxygen atoms in total. The molecular weight excluding hydrogens is 366 g/mol. The third kappa shape index (κ3) is 3.39. The molecule has 1 aromatic rings. The Morgan fingerprint density at radius 2 is 1.89 bits per heavy atom. The molecule has 5 aliphatic carbocycles. The zero-order chi connectivity index (χ0) is 19.3. The van der Waals surface area contributed by atoms with Crippen molar-refractivity contribution in [1.29, 1.82) is 5.26 Å². The third-order valence-electron chi connectivity index (χ3n) is 7.78. The summed E-state index contributed by atoms with van der Waals surface area (Å²) in [6.07, 6.45) is 12.4. The van der Waals surface area contributed by atoms with Gasteiger partial charge in [0.2, 0.25) is 5.91 Å². The summed E-state index contributed by atoms with van der Waals surface area (Å²) >= 11 is 1.61. The summed E-state index contributed by atoms with van der Waals surface area (Å²) in [7, 11) is 2.19. The van der Waals surface area contributed by atoms with E-state index in [0.29, 0.717) is 17.4 Å². The number of nitrogens with one attached hydrogen (secondary N) is 1. The molecule has 28 heavy (non-hydrogen) atoms. The van der Waals surface area contributed by atoms with Crippen LogP contribution in [0.1, 0.15) is 67.4 Å². The number of amides is 1. The molecule has 4 fully saturated rings. The van der Waals surface area contributed by atoms with Crippen LogP contribution in [0.25, 0.3) is 0 Å². The maximum absolute atomic E-state index is 12.5. The van der Waals surface area contributed by atoms with Gasteiger partial charge in [-0.05, 0) is 93.6 Å². The first-order valence-corrected chi connectivity index (χ1v) is 11.9. The molecule has 5 aliphatic rings. The van der Waals surface area contributed by atoms with Gasteiger partial charge in [-0.3, -0.25) is 4.79 Å². The van der Waals surface area contributed by atoms with E-state index < -0.39 is 0 Å². The summed E-state index contributed by atoms with van der Waals surface area (Å²) in [6.45, 7) is 1.96. The molecular formula is C23H31N3OS. The van der Waals surface area contributed by atoms with Crippen molar-refractivity contribution >= 4 is 22.2 Å². The molecule has 0 atom stereocenters. The largest absolute Gasteiger partial charge is 0.317 e. The summed E-state index contributed by atoms with van der Waals surface area (Å²) in [6, 6.07) is 2.32. The summed E-state index contributed by atoms with van der Waals surface area (Å²) < 4.78 is 0. The number of carbonyl (C=O) groups excluding carboxylic acids is 1. The first kappa shape index (κ1) is 18.6. The van der Waals surface area contributed by atoms with E-state index in [1.807, 2.05) is 0 Å². The van der Waals surface area contributed by atoms with Gasteiger partial charge in [-0.1, -0.05) is 0 Å². The third-order valence-corrected chi connectivity index (χ3v) is 8.98. The van der Waals surface area contributed by atoms with Crippen LogP contribution < -0.4 is 5.32 Å². The standard InChI is InChI=1S/C23H31N3OS/c1-26(14-23-10-15-7-16(11-23)9-17(8-15)12-23)6-5-21(27)25-22-19(13-24)18-3-2-4-20(18)28-22/h15-17H,2-12,14H2,1H3,(H,25,27). The molecule has 0 radical (unpaired) electrons. The van der Waals surface area contributed by atoms with Crippen LogP contribution in [0.4, 0.5) is 5.00 Å². The van der Waals surface area contributed by atoms with Gasteiger partial charge in [0, 0.05) is 24.4 Å². The number of nitriles is 1. The van der Waals surface area contributed by atoms with E-state index in [0.717, 1.165) is 55.1 Å². The van der Waals surface area contributed by atoms with E-state index in [9.17, 15) is 10.1 Å². The van der Waals surface area contributed by atoms with Crippen LogP contribution in [-0.2, 0) is 17.6 Å². The maximum atomic E-state index is 12.5. The molecule has 1 N–H and O–H groups in total. The Hall–Kier alpha value is -1.38. The van der Waals surface area contributed by atoms with Crippen LogP contribution in [0.2, 0.25) is 0 Å². The second kappa shape index (κ2) is 7.15. The number of rotatable bonds is 6. The van der Waals surface area contributed by atoms with Crippen molar-refractivity contribution in [2.45, 2.75) is 64.2 Å². The highest BCUT2D eigenvalue weighted by molar-refractivity contribution is 7.16. The Kier molecular flexibility index (Phi) is 4.76. The van der Waals surface area contributed by atoms with Crippen LogP contribution in [0, 0.1) is 34.5 Å². The van der Waals surface area contributed by atoms with Crippen LogP contribution >= 0.6 is 11.3 Å². The van der Waals surface area contributed by atoms with Crippen molar-refractivity contribution < 1.29 is 4.79 Å². The van der Waals surface area contributed by atoms with E-state index in [1.165, 1.54) is 49.0 Å². The molecule has 0 unspecified atom stereocenters. The second-order valence-corrected chi connectivity index (χ2v) is 11.2. The van der Waals surface area contributed by atoms with Gasteiger partial charge >= 0.3 is 0 Å². The number of hydrogen-bond acceptors (Lipinski definition) is 4. The minimum absolute atomic E-state index is 0.0498. The minimum Gasteiger partial charge on any atom is -0.317 e. The van der Waals surface area contributed by atoms with Gasteiger partial charge < -0.3 is 10.2 Å². The number of thiophene rings is 1. The van der Waals surface area contributed by atoms with Crippen molar-refractivity contribution in [3.8, 4) is 6.07 Å². The average molecular weight is 398 g/mol. The van der Waals surface area contributed by atoms with Gasteiger partial charge in [-0.15, -0.1) is 11.3 Å². The lowest BCUT2D eigenvalue weighted by atomic mass is 9.49. The van der Waals surface area contributed by atoms with E-state index in [2.05, 4.69) is 23.3 Å². The number of carbonyl (C=O) groups is 1. The Bertz CT molecular complexity index is 785. The zero-order valence-corrected chi connectivity index (χ0v) is 17.7. The lowest BCUT2D eigenvalue weighted by Gasteiger charge is -2.57. The van der Waals surface area contributed by atoms with Crippen molar-refractivity contribution in [3.63, 3.8) is 0 Å². The highest BCUT2D eigenvalue weighted by Gasteiger charge is 2.50. The van der Waals surface area contributed by atoms with Gasteiger partial charge in [-0.2, -0.15) is 5.26 Å². The molecule has 0 aliphatic heterocycles. The van der Waals surface area contributed by atoms with Gasteiger partial charge in [0.25, 0.3) is 0 Å². The highest BCUT2D eigenvalue weighted by atomic mass is 32.1. The predicted octanol–water partition coefficient (Wildman–Crippen LogP) is 4.59. The fourth-order valence-corrected chi connectivity index (χ4v) is 8.48. The van der Waals surface area contributed by atoms with Crippen molar-refractivity contribution in [3.05, 3.63) is 16.0 Å². The summed E-state index contributed by atoms with van der Waals surface area (Å²) in [4.78, 5) is 16.2. The predicted molar refractivity (Wildman–Crippen MR) is 112 cm³/mol. The molecule has 0 saturated heterocycles. The molecule has 1 heterocycles. The van der Waals surface area contributed by atoms with Crippen molar-refractivity contribution in [2.75, 3.05) is 25.5 Å². The Morgan fingerprint density at radius 3 is 2.54 bits per heavy atom. The smallest absolute Gasteiger partial charge is 0.226 e. The van der Waals surface area contributed by atoms with E-state index in [4.69, 9.17) is 0 Å². The number of fused-ring (bicyclic) bond motifs is 1. The normalized spacial score (nSPS) is 32.5. The maximum Gasteiger partial charge on any atom is 0.226 e. The van der Waals surface area contributed by atoms with E-state index in [1.54, 1.807) is 11.3 Å². The zero-order valence-electron chi connectivity index (χ0n) is 16.9. The summed E-state index contributed by atoms with van der Waals surface area (Å²) in [5.74, 6) is 2.99. The van der Waals surface area contributed by atoms with Crippen molar-refractivity contribution in [1.82, 2.24) is 4.90 Å². The minimum atomic E-state index is 0.0498. The fraction of sp³-hybridized carbons (Fsp3) is 0.739. The van der Waals surface area contributed by atoms with Crippen LogP contribution in [-0.4, -0.2) is 30.9 Å². The monoisotopic (exact) mass is 397 g/mol. The van der Waals surface area contributed by atoms with Crippen LogP contribution in [0.3, 0.4) is 0 Å². The first-order chi connectivity index (χ1) is 13.5. The van der Waals surface area contributed by atoms with Crippen molar-refractivity contribution in [2.24, 2.45) is 23.2 Å². The van der Waals surface area contributed by atoms with Gasteiger partial charge in [0.05, 0.1) is 5.56 Å². The lowest BCUT2D eigenvalue weighted by Crippen LogP contribution is -2.50. The molecule has 0 aromatic carbocycles. The number of nitrogens with zero attached hydrogens (tertiary/aromatic N) is 2. The lowest BCUT2D eigenvalue weighted by molar-refractivity contribution is -0.116. The molecule has 1 amide bonds. The second-order valence-electron chi connectivity index (χ2n) is 10.1. The number of aryl methyl sites for hydroxylation is 1. The summed E-state index contributed by atoms with van der Waals surface area (Å²) in [5, 5.41) is 13.3. The average Bonchev–Trinajstić information content (AvgIpc) is 3.19. The van der Waals surface area contributed by atoms with Gasteiger partial charge in [-0.25, -0.2) is 0 Å². The molecule has 1 aromatic heterocycles.